The van der Waals surface area contributed by atoms with Crippen LogP contribution in [0, 0.1) is 0 Å². The van der Waals surface area contributed by atoms with Crippen molar-refractivity contribution in [1.82, 2.24) is 9.71 Å². The molecule has 1 aromatic rings. The van der Waals surface area contributed by atoms with Crippen molar-refractivity contribution in [3.8, 4) is 0 Å². The first-order chi connectivity index (χ1) is 8.42. The number of nitrogens with one attached hydrogen (secondary N) is 1. The number of carbonyl (C=O) groups is 1. The molecule has 6 nitrogen and oxygen atoms in total. The topological polar surface area (TPSA) is 96.4 Å². The van der Waals surface area contributed by atoms with Crippen molar-refractivity contribution >= 4 is 31.9 Å². The Morgan fingerprint density at radius 1 is 1.39 bits per heavy atom. The summed E-state index contributed by atoms with van der Waals surface area (Å²) in [7, 11) is -3.57. The van der Waals surface area contributed by atoms with Gasteiger partial charge < -0.3 is 5.11 Å². The molecule has 1 rings (SSSR count). The molecule has 2 N–H and O–H groups in total. The van der Waals surface area contributed by atoms with Crippen molar-refractivity contribution in [1.29, 1.82) is 0 Å². The Hall–Kier alpha value is -0.990. The number of hydrogen-bond acceptors (Lipinski definition) is 4. The normalized spacial score (nSPS) is 11.4. The Morgan fingerprint density at radius 2 is 2.11 bits per heavy atom. The number of rotatable bonds is 7. The van der Waals surface area contributed by atoms with E-state index in [4.69, 9.17) is 5.11 Å². The van der Waals surface area contributed by atoms with Gasteiger partial charge in [0.05, 0.1) is 0 Å². The van der Waals surface area contributed by atoms with E-state index in [9.17, 15) is 13.2 Å². The summed E-state index contributed by atoms with van der Waals surface area (Å²) in [5.74, 6) is -0.881. The lowest BCUT2D eigenvalue weighted by Crippen LogP contribution is -2.25. The molecule has 0 saturated carbocycles. The second-order valence-corrected chi connectivity index (χ2v) is 6.27. The molecule has 1 heterocycles. The summed E-state index contributed by atoms with van der Waals surface area (Å²) in [6.07, 6.45) is 3.71. The summed E-state index contributed by atoms with van der Waals surface area (Å²) in [6.45, 7) is 0.210. The van der Waals surface area contributed by atoms with Gasteiger partial charge in [-0.1, -0.05) is 0 Å². The van der Waals surface area contributed by atoms with Crippen molar-refractivity contribution < 1.29 is 18.3 Å². The molecule has 0 unspecified atom stereocenters. The largest absolute Gasteiger partial charge is 0.481 e. The zero-order valence-corrected chi connectivity index (χ0v) is 11.9. The van der Waals surface area contributed by atoms with Gasteiger partial charge in [-0.2, -0.15) is 0 Å². The van der Waals surface area contributed by atoms with E-state index < -0.39 is 16.0 Å². The Bertz CT molecular complexity index is 518. The molecule has 0 atom stereocenters. The Labute approximate surface area is 114 Å². The second-order valence-electron chi connectivity index (χ2n) is 3.59. The van der Waals surface area contributed by atoms with Crippen LogP contribution in [0.1, 0.15) is 19.3 Å². The first-order valence-electron chi connectivity index (χ1n) is 5.24. The summed E-state index contributed by atoms with van der Waals surface area (Å²) in [5.41, 5.74) is 0. The lowest BCUT2D eigenvalue weighted by molar-refractivity contribution is -0.137. The van der Waals surface area contributed by atoms with Crippen molar-refractivity contribution in [3.63, 3.8) is 0 Å². The van der Waals surface area contributed by atoms with Crippen LogP contribution in [0.2, 0.25) is 0 Å². The summed E-state index contributed by atoms with van der Waals surface area (Å²) < 4.78 is 26.6. The van der Waals surface area contributed by atoms with Crippen molar-refractivity contribution in [2.75, 3.05) is 6.54 Å². The van der Waals surface area contributed by atoms with E-state index in [2.05, 4.69) is 25.6 Å². The van der Waals surface area contributed by atoms with Crippen LogP contribution in [0.5, 0.6) is 0 Å². The van der Waals surface area contributed by atoms with Gasteiger partial charge >= 0.3 is 5.97 Å². The Kier molecular flexibility index (Phi) is 5.70. The lowest BCUT2D eigenvalue weighted by Gasteiger charge is -2.06. The molecule has 0 aliphatic heterocycles. The van der Waals surface area contributed by atoms with Crippen molar-refractivity contribution in [3.05, 3.63) is 22.9 Å². The predicted molar refractivity (Wildman–Crippen MR) is 68.6 cm³/mol. The minimum Gasteiger partial charge on any atom is -0.481 e. The summed E-state index contributed by atoms with van der Waals surface area (Å²) >= 11 is 3.14. The first-order valence-corrected chi connectivity index (χ1v) is 7.51. The zero-order valence-electron chi connectivity index (χ0n) is 9.47. The minimum atomic E-state index is -3.57. The number of aliphatic carboxylic acids is 1. The molecule has 18 heavy (non-hydrogen) atoms. The number of hydrogen-bond donors (Lipinski definition) is 2. The Balaban J connectivity index is 2.48. The quantitative estimate of drug-likeness (QED) is 0.733. The van der Waals surface area contributed by atoms with Crippen LogP contribution in [0.25, 0.3) is 0 Å². The van der Waals surface area contributed by atoms with E-state index >= 15 is 0 Å². The number of halogens is 1. The number of carboxylic acid groups (broad SMARTS) is 1. The van der Waals surface area contributed by atoms with E-state index in [0.717, 1.165) is 0 Å². The van der Waals surface area contributed by atoms with Crippen LogP contribution >= 0.6 is 15.9 Å². The summed E-state index contributed by atoms with van der Waals surface area (Å²) in [4.78, 5) is 14.1. The molecule has 0 saturated heterocycles. The van der Waals surface area contributed by atoms with Gasteiger partial charge in [0, 0.05) is 29.8 Å². The SMILES string of the molecule is O=C(O)CCCCNS(=O)(=O)c1cncc(Br)c1. The fourth-order valence-corrected chi connectivity index (χ4v) is 2.81. The average molecular weight is 337 g/mol. The number of unbranched alkanes of at least 4 members (excludes halogenated alkanes) is 1. The van der Waals surface area contributed by atoms with E-state index in [1.54, 1.807) is 0 Å². The van der Waals surface area contributed by atoms with Crippen LogP contribution < -0.4 is 4.72 Å². The molecule has 0 radical (unpaired) electrons. The average Bonchev–Trinajstić information content (AvgIpc) is 2.28. The van der Waals surface area contributed by atoms with Gasteiger partial charge in [-0.25, -0.2) is 13.1 Å². The highest BCUT2D eigenvalue weighted by Gasteiger charge is 2.13. The van der Waals surface area contributed by atoms with E-state index in [1.165, 1.54) is 18.5 Å². The van der Waals surface area contributed by atoms with Crippen molar-refractivity contribution in [2.45, 2.75) is 24.2 Å². The fourth-order valence-electron chi connectivity index (χ4n) is 1.23. The predicted octanol–water partition coefficient (Wildman–Crippen LogP) is 1.38. The monoisotopic (exact) mass is 336 g/mol. The van der Waals surface area contributed by atoms with Crippen LogP contribution in [-0.2, 0) is 14.8 Å². The molecule has 0 bridgehead atoms. The molecular formula is C10H13BrN2O4S. The van der Waals surface area contributed by atoms with Gasteiger partial charge in [-0.05, 0) is 34.8 Å². The summed E-state index contributed by atoms with van der Waals surface area (Å²) in [6, 6.07) is 1.45. The minimum absolute atomic E-state index is 0.0418. The lowest BCUT2D eigenvalue weighted by atomic mass is 10.2. The smallest absolute Gasteiger partial charge is 0.303 e. The van der Waals surface area contributed by atoms with E-state index in [0.29, 0.717) is 17.3 Å². The van der Waals surface area contributed by atoms with Crippen LogP contribution in [0.15, 0.2) is 27.8 Å². The molecule has 0 aliphatic rings. The number of nitrogens with zero attached hydrogens (tertiary/aromatic N) is 1. The molecule has 1 aromatic heterocycles. The second kappa shape index (κ2) is 6.81. The van der Waals surface area contributed by atoms with Gasteiger partial charge in [0.2, 0.25) is 10.0 Å². The van der Waals surface area contributed by atoms with Crippen molar-refractivity contribution in [2.24, 2.45) is 0 Å². The third kappa shape index (κ3) is 5.11. The molecule has 0 spiro atoms. The first kappa shape index (κ1) is 15.1. The molecular weight excluding hydrogens is 324 g/mol. The molecule has 0 fully saturated rings. The molecule has 0 aliphatic carbocycles. The number of aromatic nitrogens is 1. The summed E-state index contributed by atoms with van der Waals surface area (Å²) in [5, 5.41) is 8.43. The molecule has 8 heteroatoms. The van der Waals surface area contributed by atoms with Gasteiger partial charge in [0.15, 0.2) is 0 Å². The van der Waals surface area contributed by atoms with E-state index in [-0.39, 0.29) is 17.9 Å². The van der Waals surface area contributed by atoms with Gasteiger partial charge in [0.25, 0.3) is 0 Å². The third-order valence-electron chi connectivity index (χ3n) is 2.10. The van der Waals surface area contributed by atoms with Crippen LogP contribution in [-0.4, -0.2) is 31.0 Å². The van der Waals surface area contributed by atoms with Crippen LogP contribution in [0.3, 0.4) is 0 Å². The standard InChI is InChI=1S/C10H13BrN2O4S/c11-8-5-9(7-12-6-8)18(16,17)13-4-2-1-3-10(14)15/h5-7,13H,1-4H2,(H,14,15). The molecule has 0 aromatic carbocycles. The molecule has 100 valence electrons. The molecule has 0 amide bonds. The van der Waals surface area contributed by atoms with Gasteiger partial charge in [-0.3, -0.25) is 9.78 Å². The van der Waals surface area contributed by atoms with Gasteiger partial charge in [-0.15, -0.1) is 0 Å². The maximum Gasteiger partial charge on any atom is 0.303 e. The Morgan fingerprint density at radius 3 is 2.72 bits per heavy atom. The maximum absolute atomic E-state index is 11.8. The number of carboxylic acids is 1. The van der Waals surface area contributed by atoms with Crippen LogP contribution in [0.4, 0.5) is 0 Å². The van der Waals surface area contributed by atoms with Gasteiger partial charge in [0.1, 0.15) is 4.90 Å². The fraction of sp³-hybridized carbons (Fsp3) is 0.400. The third-order valence-corrected chi connectivity index (χ3v) is 3.96. The number of sulfonamides is 1. The van der Waals surface area contributed by atoms with E-state index in [1.807, 2.05) is 0 Å². The highest BCUT2D eigenvalue weighted by molar-refractivity contribution is 9.10. The highest BCUT2D eigenvalue weighted by atomic mass is 79.9. The zero-order chi connectivity index (χ0) is 13.6. The highest BCUT2D eigenvalue weighted by Crippen LogP contribution is 2.13. The maximum atomic E-state index is 11.8. The number of pyridine rings is 1.